The van der Waals surface area contributed by atoms with Crippen molar-refractivity contribution in [2.24, 2.45) is 5.73 Å². The summed E-state index contributed by atoms with van der Waals surface area (Å²) in [5, 5.41) is 0. The Kier molecular flexibility index (Phi) is 4.84. The summed E-state index contributed by atoms with van der Waals surface area (Å²) in [6.45, 7) is 0. The molecule has 0 bridgehead atoms. The monoisotopic (exact) mass is 255 g/mol. The standard InChI is InChI=1S/C12H17NO3S/c1-17(15,16)8-7-12(14)11(13)9-10-5-3-2-4-6-10/h2-6,11H,7-9,13H2,1H3. The zero-order chi connectivity index (χ0) is 12.9. The Hall–Kier alpha value is -1.20. The van der Waals surface area contributed by atoms with Crippen molar-refractivity contribution in [2.75, 3.05) is 12.0 Å². The normalized spacial score (nSPS) is 13.3. The van der Waals surface area contributed by atoms with E-state index in [0.29, 0.717) is 6.42 Å². The Morgan fingerprint density at radius 2 is 1.88 bits per heavy atom. The van der Waals surface area contributed by atoms with E-state index in [-0.39, 0.29) is 18.0 Å². The highest BCUT2D eigenvalue weighted by Gasteiger charge is 2.15. The van der Waals surface area contributed by atoms with Crippen LogP contribution >= 0.6 is 0 Å². The smallest absolute Gasteiger partial charge is 0.150 e. The van der Waals surface area contributed by atoms with Gasteiger partial charge in [0.15, 0.2) is 5.78 Å². The predicted molar refractivity (Wildman–Crippen MR) is 67.5 cm³/mol. The number of ketones is 1. The van der Waals surface area contributed by atoms with Gasteiger partial charge in [-0.3, -0.25) is 4.79 Å². The molecule has 1 aromatic carbocycles. The first-order valence-corrected chi connectivity index (χ1v) is 7.44. The van der Waals surface area contributed by atoms with Crippen molar-refractivity contribution in [3.8, 4) is 0 Å². The predicted octanol–water partition coefficient (Wildman–Crippen LogP) is 0.560. The summed E-state index contributed by atoms with van der Waals surface area (Å²) in [5.41, 5.74) is 6.71. The van der Waals surface area contributed by atoms with E-state index in [1.54, 1.807) is 0 Å². The molecule has 17 heavy (non-hydrogen) atoms. The molecule has 0 aliphatic rings. The van der Waals surface area contributed by atoms with Crippen LogP contribution in [0.4, 0.5) is 0 Å². The second-order valence-corrected chi connectivity index (χ2v) is 6.40. The second-order valence-electron chi connectivity index (χ2n) is 4.14. The maximum absolute atomic E-state index is 11.6. The van der Waals surface area contributed by atoms with E-state index in [0.717, 1.165) is 11.8 Å². The molecule has 94 valence electrons. The van der Waals surface area contributed by atoms with E-state index in [9.17, 15) is 13.2 Å². The number of carbonyl (C=O) groups excluding carboxylic acids is 1. The third-order valence-electron chi connectivity index (χ3n) is 2.43. The Morgan fingerprint density at radius 3 is 2.41 bits per heavy atom. The van der Waals surface area contributed by atoms with Crippen molar-refractivity contribution in [1.29, 1.82) is 0 Å². The van der Waals surface area contributed by atoms with Crippen LogP contribution in [0, 0.1) is 0 Å². The third kappa shape index (κ3) is 5.60. The van der Waals surface area contributed by atoms with Crippen LogP contribution in [0.5, 0.6) is 0 Å². The van der Waals surface area contributed by atoms with Crippen LogP contribution in [0.15, 0.2) is 30.3 Å². The van der Waals surface area contributed by atoms with E-state index in [2.05, 4.69) is 0 Å². The molecule has 2 N–H and O–H groups in total. The van der Waals surface area contributed by atoms with Crippen molar-refractivity contribution in [2.45, 2.75) is 18.9 Å². The number of hydrogen-bond donors (Lipinski definition) is 1. The number of hydrogen-bond acceptors (Lipinski definition) is 4. The fourth-order valence-corrected chi connectivity index (χ4v) is 2.03. The number of rotatable bonds is 6. The van der Waals surface area contributed by atoms with Crippen LogP contribution in [-0.4, -0.2) is 32.3 Å². The van der Waals surface area contributed by atoms with Crippen LogP contribution in [0.3, 0.4) is 0 Å². The van der Waals surface area contributed by atoms with Gasteiger partial charge in [-0.2, -0.15) is 0 Å². The molecule has 0 saturated carbocycles. The molecule has 1 unspecified atom stereocenters. The van der Waals surface area contributed by atoms with Gasteiger partial charge < -0.3 is 5.73 Å². The maximum atomic E-state index is 11.6. The molecule has 4 nitrogen and oxygen atoms in total. The molecule has 0 fully saturated rings. The lowest BCUT2D eigenvalue weighted by molar-refractivity contribution is -0.119. The van der Waals surface area contributed by atoms with Gasteiger partial charge in [-0.25, -0.2) is 8.42 Å². The highest BCUT2D eigenvalue weighted by Crippen LogP contribution is 2.04. The third-order valence-corrected chi connectivity index (χ3v) is 3.38. The van der Waals surface area contributed by atoms with Crippen LogP contribution in [0.25, 0.3) is 0 Å². The molecule has 0 saturated heterocycles. The summed E-state index contributed by atoms with van der Waals surface area (Å²) >= 11 is 0. The van der Waals surface area contributed by atoms with Crippen LogP contribution in [-0.2, 0) is 21.1 Å². The lowest BCUT2D eigenvalue weighted by Crippen LogP contribution is -2.33. The molecule has 1 atom stereocenters. The van der Waals surface area contributed by atoms with Gasteiger partial charge in [0.2, 0.25) is 0 Å². The van der Waals surface area contributed by atoms with E-state index < -0.39 is 15.9 Å². The lowest BCUT2D eigenvalue weighted by atomic mass is 10.0. The molecule has 1 rings (SSSR count). The van der Waals surface area contributed by atoms with Crippen molar-refractivity contribution >= 4 is 15.6 Å². The highest BCUT2D eigenvalue weighted by molar-refractivity contribution is 7.90. The molecular formula is C12H17NO3S. The quantitative estimate of drug-likeness (QED) is 0.805. The minimum Gasteiger partial charge on any atom is -0.321 e. The topological polar surface area (TPSA) is 77.2 Å². The van der Waals surface area contributed by atoms with E-state index >= 15 is 0 Å². The van der Waals surface area contributed by atoms with Gasteiger partial charge >= 0.3 is 0 Å². The minimum absolute atomic E-state index is 0.00711. The van der Waals surface area contributed by atoms with Crippen molar-refractivity contribution < 1.29 is 13.2 Å². The Balaban J connectivity index is 2.48. The summed E-state index contributed by atoms with van der Waals surface area (Å²) in [4.78, 5) is 11.6. The molecule has 0 aliphatic heterocycles. The molecule has 0 spiro atoms. The Labute approximate surface area is 102 Å². The molecule has 0 amide bonds. The number of sulfone groups is 1. The largest absolute Gasteiger partial charge is 0.321 e. The molecule has 1 aromatic rings. The Morgan fingerprint density at radius 1 is 1.29 bits per heavy atom. The first-order chi connectivity index (χ1) is 7.88. The molecular weight excluding hydrogens is 238 g/mol. The number of carbonyl (C=O) groups is 1. The Bertz CT molecular complexity index is 468. The van der Waals surface area contributed by atoms with Gasteiger partial charge in [0.25, 0.3) is 0 Å². The maximum Gasteiger partial charge on any atom is 0.150 e. The van der Waals surface area contributed by atoms with Gasteiger partial charge in [0, 0.05) is 12.7 Å². The first kappa shape index (κ1) is 13.9. The van der Waals surface area contributed by atoms with Crippen LogP contribution in [0.1, 0.15) is 12.0 Å². The van der Waals surface area contributed by atoms with Gasteiger partial charge in [-0.1, -0.05) is 30.3 Å². The van der Waals surface area contributed by atoms with Crippen molar-refractivity contribution in [3.63, 3.8) is 0 Å². The average Bonchev–Trinajstić information content (AvgIpc) is 2.26. The van der Waals surface area contributed by atoms with E-state index in [4.69, 9.17) is 5.73 Å². The fourth-order valence-electron chi connectivity index (χ4n) is 1.45. The van der Waals surface area contributed by atoms with E-state index in [1.165, 1.54) is 0 Å². The van der Waals surface area contributed by atoms with Crippen LogP contribution in [0.2, 0.25) is 0 Å². The number of Topliss-reactive ketones (excluding diaryl/α,β-unsaturated/α-hetero) is 1. The highest BCUT2D eigenvalue weighted by atomic mass is 32.2. The summed E-state index contributed by atoms with van der Waals surface area (Å²) in [6.07, 6.45) is 1.55. The molecule has 0 radical (unpaired) electrons. The van der Waals surface area contributed by atoms with E-state index in [1.807, 2.05) is 30.3 Å². The number of benzene rings is 1. The van der Waals surface area contributed by atoms with Crippen molar-refractivity contribution in [3.05, 3.63) is 35.9 Å². The molecule has 0 aliphatic carbocycles. The lowest BCUT2D eigenvalue weighted by Gasteiger charge is -2.10. The summed E-state index contributed by atoms with van der Waals surface area (Å²) < 4.78 is 21.8. The molecule has 0 aromatic heterocycles. The summed E-state index contributed by atoms with van der Waals surface area (Å²) in [6, 6.07) is 8.80. The molecule has 0 heterocycles. The zero-order valence-corrected chi connectivity index (χ0v) is 10.6. The summed E-state index contributed by atoms with van der Waals surface area (Å²) in [5.74, 6) is -0.340. The van der Waals surface area contributed by atoms with Gasteiger partial charge in [0.1, 0.15) is 9.84 Å². The van der Waals surface area contributed by atoms with Crippen molar-refractivity contribution in [1.82, 2.24) is 0 Å². The minimum atomic E-state index is -3.10. The first-order valence-electron chi connectivity index (χ1n) is 5.38. The van der Waals surface area contributed by atoms with Crippen LogP contribution < -0.4 is 5.73 Å². The summed E-state index contributed by atoms with van der Waals surface area (Å²) in [7, 11) is -3.10. The average molecular weight is 255 g/mol. The zero-order valence-electron chi connectivity index (χ0n) is 9.80. The van der Waals surface area contributed by atoms with Gasteiger partial charge in [-0.05, 0) is 12.0 Å². The fraction of sp³-hybridized carbons (Fsp3) is 0.417. The SMILES string of the molecule is CS(=O)(=O)CCC(=O)C(N)Cc1ccccc1. The number of nitrogens with two attached hydrogens (primary N) is 1. The van der Waals surface area contributed by atoms with Gasteiger partial charge in [-0.15, -0.1) is 0 Å². The van der Waals surface area contributed by atoms with Gasteiger partial charge in [0.05, 0.1) is 11.8 Å². The second kappa shape index (κ2) is 5.93. The molecule has 5 heteroatoms.